The number of aromatic nitrogens is 2. The molecule has 0 bridgehead atoms. The van der Waals surface area contributed by atoms with Gasteiger partial charge < -0.3 is 4.90 Å². The summed E-state index contributed by atoms with van der Waals surface area (Å²) < 4.78 is 1.83. The van der Waals surface area contributed by atoms with Crippen molar-refractivity contribution < 1.29 is 4.79 Å². The molecule has 1 fully saturated rings. The fourth-order valence-corrected chi connectivity index (χ4v) is 4.37. The van der Waals surface area contributed by atoms with Crippen LogP contribution < -0.4 is 10.3 Å². The van der Waals surface area contributed by atoms with Gasteiger partial charge in [0.2, 0.25) is 5.91 Å². The Bertz CT molecular complexity index is 1280. The Hall–Kier alpha value is -4.23. The maximum Gasteiger partial charge on any atom is 0.241 e. The van der Waals surface area contributed by atoms with Crippen molar-refractivity contribution in [2.45, 2.75) is 6.42 Å². The molecule has 182 valence electrons. The first kappa shape index (κ1) is 23.5. The quantitative estimate of drug-likeness (QED) is 0.305. The van der Waals surface area contributed by atoms with E-state index in [1.807, 2.05) is 77.6 Å². The second kappa shape index (κ2) is 11.5. The van der Waals surface area contributed by atoms with Gasteiger partial charge in [0.25, 0.3) is 0 Å². The fraction of sp³-hybridized carbons (Fsp3) is 0.207. The lowest BCUT2D eigenvalue weighted by molar-refractivity contribution is -0.121. The third-order valence-corrected chi connectivity index (χ3v) is 6.35. The molecule has 1 aliphatic rings. The second-order valence-electron chi connectivity index (χ2n) is 8.79. The lowest BCUT2D eigenvalue weighted by Gasteiger charge is -2.36. The van der Waals surface area contributed by atoms with Crippen molar-refractivity contribution in [3.8, 4) is 16.9 Å². The fourth-order valence-electron chi connectivity index (χ4n) is 4.37. The molecule has 2 heterocycles. The van der Waals surface area contributed by atoms with E-state index < -0.39 is 0 Å². The minimum absolute atomic E-state index is 0.0894. The van der Waals surface area contributed by atoms with Gasteiger partial charge in [-0.15, -0.1) is 0 Å². The number of carbonyl (C=O) groups excluding carboxylic acids is 1. The maximum atomic E-state index is 12.5. The van der Waals surface area contributed by atoms with Gasteiger partial charge in [0.05, 0.1) is 11.9 Å². The Morgan fingerprint density at radius 1 is 0.833 bits per heavy atom. The van der Waals surface area contributed by atoms with E-state index in [0.717, 1.165) is 55.2 Å². The number of amides is 1. The molecule has 0 aliphatic carbocycles. The number of hydrazone groups is 1. The zero-order chi connectivity index (χ0) is 24.6. The largest absolute Gasteiger partial charge is 0.369 e. The van der Waals surface area contributed by atoms with Gasteiger partial charge in [-0.1, -0.05) is 66.7 Å². The highest BCUT2D eigenvalue weighted by Crippen LogP contribution is 2.22. The highest BCUT2D eigenvalue weighted by atomic mass is 16.2. The number of hydrogen-bond acceptors (Lipinski definition) is 5. The molecule has 1 saturated heterocycles. The molecule has 1 amide bonds. The lowest BCUT2D eigenvalue weighted by atomic mass is 10.1. The van der Waals surface area contributed by atoms with Gasteiger partial charge in [0, 0.05) is 62.2 Å². The summed E-state index contributed by atoms with van der Waals surface area (Å²) in [4.78, 5) is 17.2. The number of para-hydroxylation sites is 2. The van der Waals surface area contributed by atoms with Crippen molar-refractivity contribution in [1.29, 1.82) is 0 Å². The van der Waals surface area contributed by atoms with Gasteiger partial charge in [-0.25, -0.2) is 10.1 Å². The Morgan fingerprint density at radius 2 is 1.44 bits per heavy atom. The standard InChI is InChI=1S/C29H30N6O/c36-28(16-17-33-18-20-34(21-19-33)26-12-6-2-7-13-26)31-30-22-25-23-35(27-14-8-3-9-15-27)32-29(25)24-10-4-1-5-11-24/h1-15,22-23H,16-21H2,(H,31,36)/b30-22+. The summed E-state index contributed by atoms with van der Waals surface area (Å²) in [5, 5.41) is 9.02. The highest BCUT2D eigenvalue weighted by molar-refractivity contribution is 5.89. The number of nitrogens with zero attached hydrogens (tertiary/aromatic N) is 5. The smallest absolute Gasteiger partial charge is 0.241 e. The van der Waals surface area contributed by atoms with Gasteiger partial charge in [-0.3, -0.25) is 9.69 Å². The number of piperazine rings is 1. The van der Waals surface area contributed by atoms with Crippen molar-refractivity contribution in [2.24, 2.45) is 5.10 Å². The molecule has 0 atom stereocenters. The van der Waals surface area contributed by atoms with Crippen molar-refractivity contribution in [2.75, 3.05) is 37.6 Å². The van der Waals surface area contributed by atoms with Crippen molar-refractivity contribution in [3.05, 3.63) is 103 Å². The zero-order valence-corrected chi connectivity index (χ0v) is 20.2. The predicted molar refractivity (Wildman–Crippen MR) is 144 cm³/mol. The first-order chi connectivity index (χ1) is 17.8. The van der Waals surface area contributed by atoms with Crippen LogP contribution in [-0.4, -0.2) is 59.5 Å². The molecule has 3 aromatic carbocycles. The minimum Gasteiger partial charge on any atom is -0.369 e. The molecule has 1 aliphatic heterocycles. The van der Waals surface area contributed by atoms with E-state index in [1.165, 1.54) is 5.69 Å². The molecule has 5 rings (SSSR count). The van der Waals surface area contributed by atoms with Crippen molar-refractivity contribution in [3.63, 3.8) is 0 Å². The normalized spacial score (nSPS) is 14.3. The molecule has 7 heteroatoms. The van der Waals surface area contributed by atoms with Crippen LogP contribution in [0, 0.1) is 0 Å². The third-order valence-electron chi connectivity index (χ3n) is 6.35. The highest BCUT2D eigenvalue weighted by Gasteiger charge is 2.17. The lowest BCUT2D eigenvalue weighted by Crippen LogP contribution is -2.47. The van der Waals surface area contributed by atoms with Crippen LogP contribution in [0.15, 0.2) is 102 Å². The third kappa shape index (κ3) is 5.87. The van der Waals surface area contributed by atoms with E-state index in [1.54, 1.807) is 6.21 Å². The predicted octanol–water partition coefficient (Wildman–Crippen LogP) is 4.20. The van der Waals surface area contributed by atoms with Crippen LogP contribution in [0.1, 0.15) is 12.0 Å². The number of anilines is 1. The number of hydrogen-bond donors (Lipinski definition) is 1. The minimum atomic E-state index is -0.0894. The molecule has 0 saturated carbocycles. The molecule has 36 heavy (non-hydrogen) atoms. The average Bonchev–Trinajstić information content (AvgIpc) is 3.38. The van der Waals surface area contributed by atoms with Gasteiger partial charge in [-0.2, -0.15) is 10.2 Å². The van der Waals surface area contributed by atoms with E-state index in [-0.39, 0.29) is 5.91 Å². The zero-order valence-electron chi connectivity index (χ0n) is 20.2. The summed E-state index contributed by atoms with van der Waals surface area (Å²) in [5.74, 6) is -0.0894. The number of nitrogens with one attached hydrogen (secondary N) is 1. The first-order valence-corrected chi connectivity index (χ1v) is 12.3. The van der Waals surface area contributed by atoms with Crippen LogP contribution in [0.25, 0.3) is 16.9 Å². The average molecular weight is 479 g/mol. The van der Waals surface area contributed by atoms with E-state index in [0.29, 0.717) is 6.42 Å². The first-order valence-electron chi connectivity index (χ1n) is 12.3. The molecule has 0 radical (unpaired) electrons. The Labute approximate surface area is 211 Å². The van der Waals surface area contributed by atoms with Gasteiger partial charge in [0.1, 0.15) is 5.69 Å². The summed E-state index contributed by atoms with van der Waals surface area (Å²) in [7, 11) is 0. The second-order valence-corrected chi connectivity index (χ2v) is 8.79. The van der Waals surface area contributed by atoms with Gasteiger partial charge >= 0.3 is 0 Å². The van der Waals surface area contributed by atoms with Crippen LogP contribution in [-0.2, 0) is 4.79 Å². The Morgan fingerprint density at radius 3 is 2.11 bits per heavy atom. The van der Waals surface area contributed by atoms with E-state index in [9.17, 15) is 4.79 Å². The molecular weight excluding hydrogens is 448 g/mol. The molecule has 1 N–H and O–H groups in total. The maximum absolute atomic E-state index is 12.5. The van der Waals surface area contributed by atoms with Crippen molar-refractivity contribution >= 4 is 17.8 Å². The summed E-state index contributed by atoms with van der Waals surface area (Å²) in [6.45, 7) is 4.56. The van der Waals surface area contributed by atoms with Gasteiger partial charge in [-0.05, 0) is 24.3 Å². The van der Waals surface area contributed by atoms with Crippen LogP contribution in [0.5, 0.6) is 0 Å². The molecule has 0 spiro atoms. The number of carbonyl (C=O) groups is 1. The molecular formula is C29H30N6O. The van der Waals surface area contributed by atoms with E-state index in [2.05, 4.69) is 44.6 Å². The summed E-state index contributed by atoms with van der Waals surface area (Å²) >= 11 is 0. The van der Waals surface area contributed by atoms with Gasteiger partial charge in [0.15, 0.2) is 0 Å². The van der Waals surface area contributed by atoms with E-state index >= 15 is 0 Å². The van der Waals surface area contributed by atoms with E-state index in [4.69, 9.17) is 5.10 Å². The molecule has 1 aromatic heterocycles. The summed E-state index contributed by atoms with van der Waals surface area (Å²) in [5.41, 5.74) is 7.56. The Kier molecular flexibility index (Phi) is 7.49. The van der Waals surface area contributed by atoms with Crippen LogP contribution in [0.3, 0.4) is 0 Å². The van der Waals surface area contributed by atoms with Crippen LogP contribution in [0.2, 0.25) is 0 Å². The molecule has 7 nitrogen and oxygen atoms in total. The van der Waals surface area contributed by atoms with Crippen LogP contribution >= 0.6 is 0 Å². The number of benzene rings is 3. The summed E-state index contributed by atoms with van der Waals surface area (Å²) in [6, 6.07) is 30.4. The Balaban J connectivity index is 1.16. The SMILES string of the molecule is O=C(CCN1CCN(c2ccccc2)CC1)N/N=C/c1cn(-c2ccccc2)nc1-c1ccccc1. The summed E-state index contributed by atoms with van der Waals surface area (Å²) in [6.07, 6.45) is 4.02. The van der Waals surface area contributed by atoms with Crippen LogP contribution in [0.4, 0.5) is 5.69 Å². The number of rotatable bonds is 8. The molecule has 0 unspecified atom stereocenters. The molecule has 4 aromatic rings. The topological polar surface area (TPSA) is 65.8 Å². The van der Waals surface area contributed by atoms with Crippen molar-refractivity contribution in [1.82, 2.24) is 20.1 Å². The monoisotopic (exact) mass is 478 g/mol.